The van der Waals surface area contributed by atoms with Crippen LogP contribution in [0.4, 0.5) is 19.0 Å². The molecule has 6 heteroatoms. The molecule has 114 valence electrons. The molecule has 0 atom stereocenters. The molecule has 1 fully saturated rings. The molecule has 0 amide bonds. The molecule has 21 heavy (non-hydrogen) atoms. The topological polar surface area (TPSA) is 28.2 Å². The molecule has 0 unspecified atom stereocenters. The quantitative estimate of drug-likeness (QED) is 0.866. The summed E-state index contributed by atoms with van der Waals surface area (Å²) in [5, 5.41) is 3.42. The first kappa shape index (κ1) is 14.4. The third-order valence-electron chi connectivity index (χ3n) is 3.90. The number of hydrogen-bond acceptors (Lipinski definition) is 3. The fourth-order valence-electron chi connectivity index (χ4n) is 2.51. The molecule has 2 aliphatic rings. The normalized spacial score (nSPS) is 19.6. The standard InChI is InChI=1S/C15H18F3N3/c16-15(17,18)12-5-8-21(9-6-12)14-11(2-1-7-19-14)10-20-13-3-4-13/h1-2,5,7,13,20H,3-4,6,8-10H2. The Hall–Kier alpha value is -1.56. The maximum atomic E-state index is 12.7. The van der Waals surface area contributed by atoms with Crippen molar-refractivity contribution in [3.63, 3.8) is 0 Å². The van der Waals surface area contributed by atoms with Gasteiger partial charge in [-0.25, -0.2) is 4.98 Å². The molecular weight excluding hydrogens is 279 g/mol. The number of hydrogen-bond donors (Lipinski definition) is 1. The fraction of sp³-hybridized carbons (Fsp3) is 0.533. The summed E-state index contributed by atoms with van der Waals surface area (Å²) in [6.45, 7) is 1.35. The monoisotopic (exact) mass is 297 g/mol. The second kappa shape index (κ2) is 5.67. The van der Waals surface area contributed by atoms with Gasteiger partial charge in [0, 0.05) is 43.0 Å². The maximum Gasteiger partial charge on any atom is 0.412 e. The van der Waals surface area contributed by atoms with Crippen LogP contribution in [0.3, 0.4) is 0 Å². The van der Waals surface area contributed by atoms with E-state index < -0.39 is 11.7 Å². The zero-order valence-electron chi connectivity index (χ0n) is 11.7. The summed E-state index contributed by atoms with van der Waals surface area (Å²) >= 11 is 0. The molecule has 1 aromatic rings. The number of nitrogens with one attached hydrogen (secondary N) is 1. The molecule has 1 aliphatic carbocycles. The van der Waals surface area contributed by atoms with Gasteiger partial charge >= 0.3 is 6.18 Å². The SMILES string of the molecule is FC(F)(F)C1=CCN(c2ncccc2CNC2CC2)CC1. The Balaban J connectivity index is 1.71. The smallest absolute Gasteiger partial charge is 0.352 e. The van der Waals surface area contributed by atoms with Crippen LogP contribution >= 0.6 is 0 Å². The van der Waals surface area contributed by atoms with Crippen molar-refractivity contribution in [1.29, 1.82) is 0 Å². The van der Waals surface area contributed by atoms with E-state index in [4.69, 9.17) is 0 Å². The van der Waals surface area contributed by atoms with Gasteiger partial charge in [0.15, 0.2) is 0 Å². The third kappa shape index (κ3) is 3.56. The number of rotatable bonds is 4. The molecule has 0 bridgehead atoms. The van der Waals surface area contributed by atoms with E-state index in [0.29, 0.717) is 12.6 Å². The Morgan fingerprint density at radius 1 is 1.33 bits per heavy atom. The lowest BCUT2D eigenvalue weighted by Crippen LogP contribution is -2.33. The molecule has 0 spiro atoms. The maximum absolute atomic E-state index is 12.7. The average Bonchev–Trinajstić information content (AvgIpc) is 3.29. The highest BCUT2D eigenvalue weighted by Crippen LogP contribution is 2.32. The summed E-state index contributed by atoms with van der Waals surface area (Å²) in [6.07, 6.45) is 1.20. The van der Waals surface area contributed by atoms with E-state index in [2.05, 4.69) is 10.3 Å². The Bertz CT molecular complexity index is 535. The number of alkyl halides is 3. The van der Waals surface area contributed by atoms with Crippen LogP contribution in [0.2, 0.25) is 0 Å². The minimum atomic E-state index is -4.20. The second-order valence-corrected chi connectivity index (χ2v) is 5.56. The first-order valence-corrected chi connectivity index (χ1v) is 7.22. The van der Waals surface area contributed by atoms with E-state index in [1.807, 2.05) is 17.0 Å². The Labute approximate surface area is 121 Å². The van der Waals surface area contributed by atoms with Crippen molar-refractivity contribution in [2.45, 2.75) is 38.0 Å². The van der Waals surface area contributed by atoms with Gasteiger partial charge in [-0.05, 0) is 25.3 Å². The lowest BCUT2D eigenvalue weighted by atomic mass is 10.1. The van der Waals surface area contributed by atoms with Crippen LogP contribution in [0, 0.1) is 0 Å². The van der Waals surface area contributed by atoms with Gasteiger partial charge in [0.05, 0.1) is 0 Å². The molecule has 1 saturated carbocycles. The van der Waals surface area contributed by atoms with Gasteiger partial charge in [0.2, 0.25) is 0 Å². The molecule has 3 rings (SSSR count). The fourth-order valence-corrected chi connectivity index (χ4v) is 2.51. The lowest BCUT2D eigenvalue weighted by molar-refractivity contribution is -0.0944. The zero-order chi connectivity index (χ0) is 14.9. The lowest BCUT2D eigenvalue weighted by Gasteiger charge is -2.29. The van der Waals surface area contributed by atoms with Crippen LogP contribution in [-0.4, -0.2) is 30.3 Å². The first-order valence-electron chi connectivity index (χ1n) is 7.22. The van der Waals surface area contributed by atoms with Crippen molar-refractivity contribution < 1.29 is 13.2 Å². The van der Waals surface area contributed by atoms with Crippen LogP contribution in [0.5, 0.6) is 0 Å². The third-order valence-corrected chi connectivity index (χ3v) is 3.90. The Morgan fingerprint density at radius 3 is 2.76 bits per heavy atom. The summed E-state index contributed by atoms with van der Waals surface area (Å²) in [5.41, 5.74) is 0.626. The van der Waals surface area contributed by atoms with E-state index in [1.54, 1.807) is 6.20 Å². The summed E-state index contributed by atoms with van der Waals surface area (Å²) in [7, 11) is 0. The van der Waals surface area contributed by atoms with Gasteiger partial charge in [0.25, 0.3) is 0 Å². The number of aromatic nitrogens is 1. The summed E-state index contributed by atoms with van der Waals surface area (Å²) in [4.78, 5) is 6.28. The minimum Gasteiger partial charge on any atom is -0.352 e. The second-order valence-electron chi connectivity index (χ2n) is 5.56. The molecule has 0 radical (unpaired) electrons. The largest absolute Gasteiger partial charge is 0.412 e. The van der Waals surface area contributed by atoms with Gasteiger partial charge in [-0.2, -0.15) is 13.2 Å². The summed E-state index contributed by atoms with van der Waals surface area (Å²) in [5.74, 6) is 0.795. The minimum absolute atomic E-state index is 0.0234. The Kier molecular flexibility index (Phi) is 3.89. The van der Waals surface area contributed by atoms with E-state index in [0.717, 1.165) is 17.9 Å². The molecule has 0 saturated heterocycles. The van der Waals surface area contributed by atoms with Crippen molar-refractivity contribution in [3.8, 4) is 0 Å². The van der Waals surface area contributed by atoms with Crippen LogP contribution in [-0.2, 0) is 6.54 Å². The van der Waals surface area contributed by atoms with Crippen LogP contribution in [0.1, 0.15) is 24.8 Å². The summed E-state index contributed by atoms with van der Waals surface area (Å²) in [6, 6.07) is 4.45. The molecule has 1 N–H and O–H groups in total. The number of nitrogens with zero attached hydrogens (tertiary/aromatic N) is 2. The first-order chi connectivity index (χ1) is 10.0. The molecule has 0 aromatic carbocycles. The van der Waals surface area contributed by atoms with Crippen molar-refractivity contribution in [3.05, 3.63) is 35.5 Å². The molecule has 1 aliphatic heterocycles. The average molecular weight is 297 g/mol. The summed E-state index contributed by atoms with van der Waals surface area (Å²) < 4.78 is 38.0. The van der Waals surface area contributed by atoms with E-state index in [-0.39, 0.29) is 13.0 Å². The molecule has 2 heterocycles. The van der Waals surface area contributed by atoms with Gasteiger partial charge in [-0.15, -0.1) is 0 Å². The highest BCUT2D eigenvalue weighted by Gasteiger charge is 2.35. The van der Waals surface area contributed by atoms with Crippen LogP contribution in [0.15, 0.2) is 30.0 Å². The number of anilines is 1. The van der Waals surface area contributed by atoms with E-state index in [9.17, 15) is 13.2 Å². The van der Waals surface area contributed by atoms with Gasteiger partial charge in [-0.1, -0.05) is 12.1 Å². The predicted molar refractivity (Wildman–Crippen MR) is 75.1 cm³/mol. The van der Waals surface area contributed by atoms with Gasteiger partial charge in [-0.3, -0.25) is 0 Å². The highest BCUT2D eigenvalue weighted by atomic mass is 19.4. The predicted octanol–water partition coefficient (Wildman–Crippen LogP) is 3.03. The van der Waals surface area contributed by atoms with Crippen molar-refractivity contribution in [1.82, 2.24) is 10.3 Å². The van der Waals surface area contributed by atoms with Gasteiger partial charge < -0.3 is 10.2 Å². The van der Waals surface area contributed by atoms with Crippen molar-refractivity contribution in [2.24, 2.45) is 0 Å². The molecule has 3 nitrogen and oxygen atoms in total. The number of pyridine rings is 1. The van der Waals surface area contributed by atoms with Crippen LogP contribution in [0.25, 0.3) is 0 Å². The van der Waals surface area contributed by atoms with Crippen LogP contribution < -0.4 is 10.2 Å². The van der Waals surface area contributed by atoms with Crippen molar-refractivity contribution >= 4 is 5.82 Å². The Morgan fingerprint density at radius 2 is 2.14 bits per heavy atom. The highest BCUT2D eigenvalue weighted by molar-refractivity contribution is 5.48. The molecule has 1 aromatic heterocycles. The molecular formula is C15H18F3N3. The number of halogens is 3. The van der Waals surface area contributed by atoms with Gasteiger partial charge in [0.1, 0.15) is 5.82 Å². The van der Waals surface area contributed by atoms with Crippen molar-refractivity contribution in [2.75, 3.05) is 18.0 Å². The zero-order valence-corrected chi connectivity index (χ0v) is 11.7. The van der Waals surface area contributed by atoms with E-state index in [1.165, 1.54) is 18.9 Å². The van der Waals surface area contributed by atoms with E-state index >= 15 is 0 Å².